The zero-order valence-electron chi connectivity index (χ0n) is 18.6. The lowest BCUT2D eigenvalue weighted by molar-refractivity contribution is 0.657. The molecule has 0 saturated heterocycles. The van der Waals surface area contributed by atoms with Gasteiger partial charge >= 0.3 is 0 Å². The molecule has 7 rings (SSSR count). The van der Waals surface area contributed by atoms with E-state index in [-0.39, 0.29) is 0 Å². The fraction of sp³-hybridized carbons (Fsp3) is 0.133. The first-order chi connectivity index (χ1) is 15.5. The van der Waals surface area contributed by atoms with Crippen molar-refractivity contribution < 1.29 is 8.83 Å². The van der Waals surface area contributed by atoms with E-state index >= 15 is 0 Å². The van der Waals surface area contributed by atoms with Gasteiger partial charge in [0.1, 0.15) is 22.3 Å². The molecule has 5 aromatic carbocycles. The molecule has 154 valence electrons. The Kier molecular flexibility index (Phi) is 3.30. The van der Waals surface area contributed by atoms with Crippen molar-refractivity contribution in [3.05, 3.63) is 82.9 Å². The van der Waals surface area contributed by atoms with Crippen molar-refractivity contribution in [3.63, 3.8) is 0 Å². The number of rotatable bonds is 0. The molecular formula is C30H22O2. The average molecular weight is 415 g/mol. The second kappa shape index (κ2) is 5.92. The van der Waals surface area contributed by atoms with E-state index in [1.54, 1.807) is 0 Å². The van der Waals surface area contributed by atoms with Gasteiger partial charge in [-0.2, -0.15) is 0 Å². The van der Waals surface area contributed by atoms with Crippen molar-refractivity contribution in [1.82, 2.24) is 0 Å². The second-order valence-electron chi connectivity index (χ2n) is 9.23. The zero-order valence-corrected chi connectivity index (χ0v) is 18.6. The Morgan fingerprint density at radius 3 is 1.34 bits per heavy atom. The van der Waals surface area contributed by atoms with Crippen molar-refractivity contribution >= 4 is 65.4 Å². The van der Waals surface area contributed by atoms with E-state index in [2.05, 4.69) is 88.4 Å². The molecule has 32 heavy (non-hydrogen) atoms. The summed E-state index contributed by atoms with van der Waals surface area (Å²) in [6, 6.07) is 21.8. The maximum atomic E-state index is 6.54. The van der Waals surface area contributed by atoms with E-state index in [4.69, 9.17) is 8.83 Å². The second-order valence-corrected chi connectivity index (χ2v) is 9.23. The zero-order chi connectivity index (χ0) is 21.7. The first kappa shape index (κ1) is 17.9. The van der Waals surface area contributed by atoms with Crippen LogP contribution >= 0.6 is 0 Å². The molecule has 7 aromatic rings. The molecule has 0 radical (unpaired) electrons. The Morgan fingerprint density at radius 1 is 0.469 bits per heavy atom. The van der Waals surface area contributed by atoms with Crippen LogP contribution in [-0.2, 0) is 0 Å². The summed E-state index contributed by atoms with van der Waals surface area (Å²) in [5, 5.41) is 9.66. The van der Waals surface area contributed by atoms with E-state index in [0.717, 1.165) is 33.5 Å². The lowest BCUT2D eigenvalue weighted by Gasteiger charge is -2.18. The predicted octanol–water partition coefficient (Wildman–Crippen LogP) is 9.03. The Hall–Kier alpha value is -3.78. The third kappa shape index (κ3) is 2.14. The fourth-order valence-electron chi connectivity index (χ4n) is 5.76. The SMILES string of the molecule is Cc1cc(C)c2oc3cccc4c3c(c2c1)c1cccc2oc3c(C)cc(C)cc3c4c21. The Bertz CT molecular complexity index is 1770. The van der Waals surface area contributed by atoms with Crippen molar-refractivity contribution in [2.45, 2.75) is 27.7 Å². The minimum atomic E-state index is 0.929. The van der Waals surface area contributed by atoms with Crippen LogP contribution in [0.2, 0.25) is 0 Å². The van der Waals surface area contributed by atoms with E-state index in [0.29, 0.717) is 0 Å². The minimum Gasteiger partial charge on any atom is -0.456 e. The highest BCUT2D eigenvalue weighted by atomic mass is 16.3. The Labute approximate surface area is 185 Å². The molecule has 2 heteroatoms. The lowest BCUT2D eigenvalue weighted by Crippen LogP contribution is -1.92. The number of aryl methyl sites for hydroxylation is 4. The monoisotopic (exact) mass is 414 g/mol. The van der Waals surface area contributed by atoms with Crippen molar-refractivity contribution in [2.75, 3.05) is 0 Å². The molecule has 2 aromatic heterocycles. The van der Waals surface area contributed by atoms with Crippen LogP contribution in [0, 0.1) is 27.7 Å². The molecule has 0 bridgehead atoms. The van der Waals surface area contributed by atoms with E-state index < -0.39 is 0 Å². The molecule has 0 aliphatic rings. The fourth-order valence-corrected chi connectivity index (χ4v) is 5.76. The van der Waals surface area contributed by atoms with Gasteiger partial charge < -0.3 is 8.83 Å². The summed E-state index contributed by atoms with van der Waals surface area (Å²) in [5.74, 6) is 0. The van der Waals surface area contributed by atoms with E-state index in [9.17, 15) is 0 Å². The molecule has 0 N–H and O–H groups in total. The largest absolute Gasteiger partial charge is 0.456 e. The lowest BCUT2D eigenvalue weighted by atomic mass is 9.89. The molecule has 0 aliphatic heterocycles. The van der Waals surface area contributed by atoms with Gasteiger partial charge in [-0.05, 0) is 85.0 Å². The van der Waals surface area contributed by atoms with Crippen LogP contribution in [0.4, 0.5) is 0 Å². The van der Waals surface area contributed by atoms with Crippen LogP contribution in [0.25, 0.3) is 65.4 Å². The van der Waals surface area contributed by atoms with Crippen LogP contribution in [0.15, 0.2) is 69.5 Å². The van der Waals surface area contributed by atoms with Gasteiger partial charge in [0, 0.05) is 32.3 Å². The topological polar surface area (TPSA) is 26.3 Å². The van der Waals surface area contributed by atoms with Crippen molar-refractivity contribution in [2.24, 2.45) is 0 Å². The number of hydrogen-bond acceptors (Lipinski definition) is 2. The Morgan fingerprint density at radius 2 is 0.906 bits per heavy atom. The van der Waals surface area contributed by atoms with E-state index in [1.807, 2.05) is 0 Å². The smallest absolute Gasteiger partial charge is 0.138 e. The molecule has 0 aliphatic carbocycles. The molecule has 0 atom stereocenters. The summed E-state index contributed by atoms with van der Waals surface area (Å²) < 4.78 is 13.1. The molecule has 0 fully saturated rings. The number of hydrogen-bond donors (Lipinski definition) is 0. The molecule has 0 unspecified atom stereocenters. The average Bonchev–Trinajstić information content (AvgIpc) is 2.76. The summed E-state index contributed by atoms with van der Waals surface area (Å²) in [6.07, 6.45) is 0. The van der Waals surface area contributed by atoms with Crippen molar-refractivity contribution in [1.29, 1.82) is 0 Å². The maximum Gasteiger partial charge on any atom is 0.138 e. The summed E-state index contributed by atoms with van der Waals surface area (Å²) in [4.78, 5) is 0. The van der Waals surface area contributed by atoms with Gasteiger partial charge in [0.25, 0.3) is 0 Å². The number of fused-ring (bicyclic) bond motifs is 6. The minimum absolute atomic E-state index is 0.929. The molecular weight excluding hydrogens is 392 g/mol. The van der Waals surface area contributed by atoms with Crippen LogP contribution in [0.3, 0.4) is 0 Å². The number of benzene rings is 5. The van der Waals surface area contributed by atoms with Crippen LogP contribution in [-0.4, -0.2) is 0 Å². The molecule has 2 nitrogen and oxygen atoms in total. The molecule has 0 saturated carbocycles. The Balaban J connectivity index is 1.94. The van der Waals surface area contributed by atoms with Gasteiger partial charge in [0.15, 0.2) is 0 Å². The van der Waals surface area contributed by atoms with Crippen LogP contribution in [0.1, 0.15) is 22.3 Å². The molecule has 0 amide bonds. The summed E-state index contributed by atoms with van der Waals surface area (Å²) in [6.45, 7) is 8.57. The summed E-state index contributed by atoms with van der Waals surface area (Å²) in [5.41, 5.74) is 8.58. The first-order valence-corrected chi connectivity index (χ1v) is 11.1. The van der Waals surface area contributed by atoms with Gasteiger partial charge in [-0.3, -0.25) is 0 Å². The third-order valence-electron chi connectivity index (χ3n) is 6.89. The van der Waals surface area contributed by atoms with Gasteiger partial charge in [-0.25, -0.2) is 0 Å². The summed E-state index contributed by atoms with van der Waals surface area (Å²) >= 11 is 0. The quantitative estimate of drug-likeness (QED) is 0.183. The van der Waals surface area contributed by atoms with Crippen LogP contribution < -0.4 is 0 Å². The van der Waals surface area contributed by atoms with Gasteiger partial charge in [0.2, 0.25) is 0 Å². The predicted molar refractivity (Wildman–Crippen MR) is 135 cm³/mol. The highest BCUT2D eigenvalue weighted by molar-refractivity contribution is 6.39. The first-order valence-electron chi connectivity index (χ1n) is 11.1. The summed E-state index contributed by atoms with van der Waals surface area (Å²) in [7, 11) is 0. The van der Waals surface area contributed by atoms with Gasteiger partial charge in [-0.1, -0.05) is 36.4 Å². The normalized spacial score (nSPS) is 12.4. The van der Waals surface area contributed by atoms with Crippen LogP contribution in [0.5, 0.6) is 0 Å². The van der Waals surface area contributed by atoms with Gasteiger partial charge in [0.05, 0.1) is 0 Å². The third-order valence-corrected chi connectivity index (χ3v) is 6.89. The van der Waals surface area contributed by atoms with Crippen molar-refractivity contribution in [3.8, 4) is 0 Å². The van der Waals surface area contributed by atoms with Gasteiger partial charge in [-0.15, -0.1) is 0 Å². The highest BCUT2D eigenvalue weighted by Gasteiger charge is 2.21. The maximum absolute atomic E-state index is 6.54. The highest BCUT2D eigenvalue weighted by Crippen LogP contribution is 2.46. The molecule has 2 heterocycles. The standard InChI is InChI=1S/C30H22O2/c1-15-11-17(3)29-21(13-15)25-19-7-5-10-24-28(19)26(20-8-6-9-23(31-29)27(20)25)22-14-16(2)12-18(4)30(22)32-24/h5-14H,1-4H3. The van der Waals surface area contributed by atoms with E-state index in [1.165, 1.54) is 54.2 Å². The molecule has 0 spiro atoms.